The van der Waals surface area contributed by atoms with Gasteiger partial charge in [-0.3, -0.25) is 13.9 Å². The Kier molecular flexibility index (Phi) is 10.8. The number of hydrogen-bond donors (Lipinski definition) is 1. The Morgan fingerprint density at radius 2 is 1.52 bits per heavy atom. The summed E-state index contributed by atoms with van der Waals surface area (Å²) in [5.74, 6) is -0.761. The van der Waals surface area contributed by atoms with E-state index in [1.54, 1.807) is 73.7 Å². The Morgan fingerprint density at radius 1 is 0.900 bits per heavy atom. The van der Waals surface area contributed by atoms with Crippen LogP contribution >= 0.6 is 11.6 Å². The molecule has 3 aromatic rings. The monoisotopic (exact) mass is 583 g/mol. The average molecular weight is 584 g/mol. The number of aryl methyl sites for hydroxylation is 2. The van der Waals surface area contributed by atoms with E-state index < -0.39 is 28.5 Å². The average Bonchev–Trinajstić information content (AvgIpc) is 2.93. The molecule has 0 aliphatic rings. The van der Waals surface area contributed by atoms with Crippen LogP contribution in [0, 0.1) is 13.8 Å². The summed E-state index contributed by atoms with van der Waals surface area (Å²) in [6.45, 7) is 9.05. The van der Waals surface area contributed by atoms with E-state index in [-0.39, 0.29) is 23.4 Å². The highest BCUT2D eigenvalue weighted by Crippen LogP contribution is 2.28. The molecule has 40 heavy (non-hydrogen) atoms. The molecule has 0 bridgehead atoms. The molecule has 2 atom stereocenters. The number of hydrogen-bond acceptors (Lipinski definition) is 4. The summed E-state index contributed by atoms with van der Waals surface area (Å²) >= 11 is 6.08. The van der Waals surface area contributed by atoms with Gasteiger partial charge in [-0.15, -0.1) is 0 Å². The van der Waals surface area contributed by atoms with Gasteiger partial charge in [0.2, 0.25) is 11.8 Å². The maximum Gasteiger partial charge on any atom is 0.264 e. The van der Waals surface area contributed by atoms with Crippen LogP contribution in [0.3, 0.4) is 0 Å². The molecule has 214 valence electrons. The predicted octanol–water partition coefficient (Wildman–Crippen LogP) is 5.87. The SMILES string of the molecule is CC[C@@H](C)NC(=O)[C@@H](CC)N(Cc1ccc(Cl)cc1)C(=O)CN(c1ccccc1C)S(=O)(=O)c1ccc(C)cc1. The van der Waals surface area contributed by atoms with Crippen molar-refractivity contribution in [1.82, 2.24) is 10.2 Å². The minimum absolute atomic E-state index is 0.0700. The Balaban J connectivity index is 2.06. The summed E-state index contributed by atoms with van der Waals surface area (Å²) in [6.07, 6.45) is 1.10. The zero-order valence-corrected chi connectivity index (χ0v) is 25.3. The summed E-state index contributed by atoms with van der Waals surface area (Å²) in [6, 6.07) is 19.8. The molecule has 0 saturated heterocycles. The van der Waals surface area contributed by atoms with Crippen molar-refractivity contribution >= 4 is 39.1 Å². The third-order valence-corrected chi connectivity index (χ3v) is 8.95. The summed E-state index contributed by atoms with van der Waals surface area (Å²) in [7, 11) is -4.11. The number of halogens is 1. The fourth-order valence-electron chi connectivity index (χ4n) is 4.34. The maximum absolute atomic E-state index is 14.1. The molecule has 0 spiro atoms. The van der Waals surface area contributed by atoms with Crippen LogP contribution in [0.25, 0.3) is 0 Å². The zero-order chi connectivity index (χ0) is 29.4. The van der Waals surface area contributed by atoms with Gasteiger partial charge in [0.05, 0.1) is 10.6 Å². The van der Waals surface area contributed by atoms with Crippen molar-refractivity contribution in [1.29, 1.82) is 0 Å². The topological polar surface area (TPSA) is 86.8 Å². The van der Waals surface area contributed by atoms with E-state index >= 15 is 0 Å². The van der Waals surface area contributed by atoms with Crippen LogP contribution in [0.4, 0.5) is 5.69 Å². The van der Waals surface area contributed by atoms with E-state index in [1.165, 1.54) is 4.90 Å². The quantitative estimate of drug-likeness (QED) is 0.289. The molecule has 0 radical (unpaired) electrons. The molecule has 0 saturated carbocycles. The van der Waals surface area contributed by atoms with Gasteiger partial charge in [0, 0.05) is 17.6 Å². The minimum atomic E-state index is -4.11. The van der Waals surface area contributed by atoms with Gasteiger partial charge in [0.1, 0.15) is 12.6 Å². The number of nitrogens with zero attached hydrogens (tertiary/aromatic N) is 2. The number of carbonyl (C=O) groups is 2. The summed E-state index contributed by atoms with van der Waals surface area (Å²) in [5, 5.41) is 3.53. The predicted molar refractivity (Wildman–Crippen MR) is 161 cm³/mol. The lowest BCUT2D eigenvalue weighted by Gasteiger charge is -2.34. The summed E-state index contributed by atoms with van der Waals surface area (Å²) in [5.41, 5.74) is 2.80. The molecule has 0 aliphatic carbocycles. The van der Waals surface area contributed by atoms with Gasteiger partial charge in [-0.05, 0) is 75.1 Å². The first-order valence-electron chi connectivity index (χ1n) is 13.5. The molecule has 0 heterocycles. The lowest BCUT2D eigenvalue weighted by molar-refractivity contribution is -0.140. The van der Waals surface area contributed by atoms with Crippen molar-refractivity contribution in [3.8, 4) is 0 Å². The van der Waals surface area contributed by atoms with Gasteiger partial charge in [-0.2, -0.15) is 0 Å². The Morgan fingerprint density at radius 3 is 2.10 bits per heavy atom. The van der Waals surface area contributed by atoms with E-state index in [0.29, 0.717) is 22.7 Å². The minimum Gasteiger partial charge on any atom is -0.352 e. The second-order valence-electron chi connectivity index (χ2n) is 10.0. The number of sulfonamides is 1. The third-order valence-electron chi connectivity index (χ3n) is 6.93. The van der Waals surface area contributed by atoms with Gasteiger partial charge < -0.3 is 10.2 Å². The van der Waals surface area contributed by atoms with E-state index in [9.17, 15) is 18.0 Å². The molecule has 9 heteroatoms. The molecule has 0 aromatic heterocycles. The van der Waals surface area contributed by atoms with E-state index in [0.717, 1.165) is 21.9 Å². The fraction of sp³-hybridized carbons (Fsp3) is 0.355. The highest BCUT2D eigenvalue weighted by Gasteiger charge is 2.34. The molecular weight excluding hydrogens is 546 g/mol. The number of benzene rings is 3. The maximum atomic E-state index is 14.1. The largest absolute Gasteiger partial charge is 0.352 e. The zero-order valence-electron chi connectivity index (χ0n) is 23.7. The normalized spacial score (nSPS) is 12.8. The first kappa shape index (κ1) is 31.2. The molecule has 0 unspecified atom stereocenters. The van der Waals surface area contributed by atoms with Crippen LogP contribution in [0.15, 0.2) is 77.7 Å². The Labute approximate surface area is 243 Å². The Hall–Kier alpha value is -3.36. The van der Waals surface area contributed by atoms with E-state index in [2.05, 4.69) is 5.32 Å². The highest BCUT2D eigenvalue weighted by atomic mass is 35.5. The molecular formula is C31H38ClN3O4S. The molecule has 3 aromatic carbocycles. The first-order chi connectivity index (χ1) is 19.0. The smallest absolute Gasteiger partial charge is 0.264 e. The van der Waals surface area contributed by atoms with Crippen LogP contribution in [0.5, 0.6) is 0 Å². The molecule has 7 nitrogen and oxygen atoms in total. The first-order valence-corrected chi connectivity index (χ1v) is 15.3. The van der Waals surface area contributed by atoms with Crippen molar-refractivity contribution in [2.75, 3.05) is 10.8 Å². The highest BCUT2D eigenvalue weighted by molar-refractivity contribution is 7.92. The van der Waals surface area contributed by atoms with Gasteiger partial charge >= 0.3 is 0 Å². The van der Waals surface area contributed by atoms with Gasteiger partial charge in [0.15, 0.2) is 0 Å². The van der Waals surface area contributed by atoms with Gasteiger partial charge in [0.25, 0.3) is 10.0 Å². The van der Waals surface area contributed by atoms with Crippen molar-refractivity contribution in [3.05, 3.63) is 94.5 Å². The number of rotatable bonds is 12. The van der Waals surface area contributed by atoms with Crippen LogP contribution < -0.4 is 9.62 Å². The molecule has 3 rings (SSSR count). The van der Waals surface area contributed by atoms with Gasteiger partial charge in [-0.1, -0.05) is 73.5 Å². The number of nitrogens with one attached hydrogen (secondary N) is 1. The number of para-hydroxylation sites is 1. The summed E-state index contributed by atoms with van der Waals surface area (Å²) < 4.78 is 29.1. The number of carbonyl (C=O) groups excluding carboxylic acids is 2. The lowest BCUT2D eigenvalue weighted by atomic mass is 10.1. The van der Waals surface area contributed by atoms with Crippen LogP contribution in [-0.4, -0.2) is 43.8 Å². The fourth-order valence-corrected chi connectivity index (χ4v) is 5.95. The summed E-state index contributed by atoms with van der Waals surface area (Å²) in [4.78, 5) is 29.0. The molecule has 2 amide bonds. The number of anilines is 1. The van der Waals surface area contributed by atoms with Gasteiger partial charge in [-0.25, -0.2) is 8.42 Å². The lowest BCUT2D eigenvalue weighted by Crippen LogP contribution is -2.53. The molecule has 0 fully saturated rings. The van der Waals surface area contributed by atoms with Crippen molar-refractivity contribution < 1.29 is 18.0 Å². The third kappa shape index (κ3) is 7.64. The van der Waals surface area contributed by atoms with Crippen molar-refractivity contribution in [3.63, 3.8) is 0 Å². The number of amides is 2. The van der Waals surface area contributed by atoms with E-state index in [4.69, 9.17) is 11.6 Å². The second-order valence-corrected chi connectivity index (χ2v) is 12.3. The molecule has 1 N–H and O–H groups in total. The molecule has 0 aliphatic heterocycles. The van der Waals surface area contributed by atoms with Crippen LogP contribution in [0.1, 0.15) is 50.3 Å². The second kappa shape index (κ2) is 13.8. The standard InChI is InChI=1S/C31H38ClN3O4S/c1-6-24(5)33-31(37)28(7-2)34(20-25-14-16-26(32)17-15-25)30(36)21-35(29-11-9-8-10-23(29)4)40(38,39)27-18-12-22(3)13-19-27/h8-19,24,28H,6-7,20-21H2,1-5H3,(H,33,37)/t24-,28-/m1/s1. The van der Waals surface area contributed by atoms with Crippen molar-refractivity contribution in [2.24, 2.45) is 0 Å². The van der Waals surface area contributed by atoms with Crippen LogP contribution in [0.2, 0.25) is 5.02 Å². The van der Waals surface area contributed by atoms with Crippen LogP contribution in [-0.2, 0) is 26.2 Å². The van der Waals surface area contributed by atoms with Crippen molar-refractivity contribution in [2.45, 2.75) is 71.0 Å². The Bertz CT molecular complexity index is 1410. The van der Waals surface area contributed by atoms with E-state index in [1.807, 2.05) is 33.8 Å².